The van der Waals surface area contributed by atoms with Gasteiger partial charge >= 0.3 is 0 Å². The van der Waals surface area contributed by atoms with Gasteiger partial charge in [-0.2, -0.15) is 4.98 Å². The van der Waals surface area contributed by atoms with Gasteiger partial charge in [0.25, 0.3) is 0 Å². The first-order valence-corrected chi connectivity index (χ1v) is 6.56. The maximum absolute atomic E-state index is 5.30. The van der Waals surface area contributed by atoms with Crippen molar-refractivity contribution in [1.29, 1.82) is 0 Å². The number of nitrogens with one attached hydrogen (secondary N) is 2. The third kappa shape index (κ3) is 3.54. The van der Waals surface area contributed by atoms with Gasteiger partial charge in [0.15, 0.2) is 0 Å². The highest BCUT2D eigenvalue weighted by atomic mass is 15.3. The van der Waals surface area contributed by atoms with Crippen LogP contribution in [0.25, 0.3) is 0 Å². The highest BCUT2D eigenvalue weighted by Gasteiger charge is 2.10. The van der Waals surface area contributed by atoms with Crippen molar-refractivity contribution >= 4 is 11.8 Å². The summed E-state index contributed by atoms with van der Waals surface area (Å²) in [6, 6.07) is 0. The Morgan fingerprint density at radius 1 is 1.39 bits per heavy atom. The Labute approximate surface area is 108 Å². The van der Waals surface area contributed by atoms with E-state index in [0.717, 1.165) is 24.3 Å². The smallest absolute Gasteiger partial charge is 0.239 e. The molecule has 1 aliphatic heterocycles. The minimum Gasteiger partial charge on any atom is -0.370 e. The predicted octanol–water partition coefficient (Wildman–Crippen LogP) is 0.968. The summed E-state index contributed by atoms with van der Waals surface area (Å²) >= 11 is 0. The highest BCUT2D eigenvalue weighted by molar-refractivity contribution is 5.45. The van der Waals surface area contributed by atoms with Gasteiger partial charge in [-0.25, -0.2) is 10.8 Å². The molecule has 2 rings (SSSR count). The number of hydrazine groups is 1. The summed E-state index contributed by atoms with van der Waals surface area (Å²) in [6.07, 6.45) is 5.60. The molecule has 0 saturated carbocycles. The van der Waals surface area contributed by atoms with E-state index in [9.17, 15) is 0 Å². The highest BCUT2D eigenvalue weighted by Crippen LogP contribution is 2.12. The van der Waals surface area contributed by atoms with E-state index in [4.69, 9.17) is 5.84 Å². The van der Waals surface area contributed by atoms with Crippen LogP contribution in [0.15, 0.2) is 6.20 Å². The Morgan fingerprint density at radius 3 is 2.89 bits per heavy atom. The van der Waals surface area contributed by atoms with Crippen LogP contribution < -0.4 is 16.6 Å². The Kier molecular flexibility index (Phi) is 4.72. The lowest BCUT2D eigenvalue weighted by atomic mass is 10.3. The molecule has 2 heterocycles. The van der Waals surface area contributed by atoms with Crippen LogP contribution in [0.2, 0.25) is 0 Å². The molecule has 0 radical (unpaired) electrons. The van der Waals surface area contributed by atoms with Crippen LogP contribution in [-0.4, -0.2) is 41.0 Å². The van der Waals surface area contributed by atoms with Crippen molar-refractivity contribution in [3.63, 3.8) is 0 Å². The van der Waals surface area contributed by atoms with Gasteiger partial charge in [-0.3, -0.25) is 5.43 Å². The first-order chi connectivity index (χ1) is 8.79. The molecular weight excluding hydrogens is 228 g/mol. The number of anilines is 2. The molecule has 0 spiro atoms. The summed E-state index contributed by atoms with van der Waals surface area (Å²) in [5.41, 5.74) is 3.50. The van der Waals surface area contributed by atoms with Crippen LogP contribution in [0.1, 0.15) is 24.8 Å². The standard InChI is InChI=1S/C12H22N6/c1-10-9-15-12(17-13)16-11(10)14-5-4-8-18-6-2-3-7-18/h9H,2-8,13H2,1H3,(H2,14,15,16,17). The van der Waals surface area contributed by atoms with E-state index in [-0.39, 0.29) is 0 Å². The van der Waals surface area contributed by atoms with E-state index in [1.54, 1.807) is 6.20 Å². The molecule has 1 saturated heterocycles. The number of nitrogen functional groups attached to an aromatic ring is 1. The number of hydrogen-bond donors (Lipinski definition) is 3. The van der Waals surface area contributed by atoms with E-state index in [0.29, 0.717) is 5.95 Å². The van der Waals surface area contributed by atoms with E-state index in [1.807, 2.05) is 6.92 Å². The molecule has 18 heavy (non-hydrogen) atoms. The van der Waals surface area contributed by atoms with Crippen molar-refractivity contribution in [2.45, 2.75) is 26.2 Å². The molecule has 0 aromatic carbocycles. The summed E-state index contributed by atoms with van der Waals surface area (Å²) in [5.74, 6) is 6.60. The maximum Gasteiger partial charge on any atom is 0.239 e. The average molecular weight is 250 g/mol. The Bertz CT molecular complexity index is 375. The zero-order valence-corrected chi connectivity index (χ0v) is 10.9. The SMILES string of the molecule is Cc1cnc(NN)nc1NCCCN1CCCC1. The summed E-state index contributed by atoms with van der Waals surface area (Å²) < 4.78 is 0. The lowest BCUT2D eigenvalue weighted by molar-refractivity contribution is 0.337. The maximum atomic E-state index is 5.30. The number of aryl methyl sites for hydroxylation is 1. The first-order valence-electron chi connectivity index (χ1n) is 6.56. The molecule has 100 valence electrons. The monoisotopic (exact) mass is 250 g/mol. The molecule has 4 N–H and O–H groups in total. The zero-order chi connectivity index (χ0) is 12.8. The molecule has 1 aromatic rings. The van der Waals surface area contributed by atoms with Gasteiger partial charge in [-0.05, 0) is 45.8 Å². The lowest BCUT2D eigenvalue weighted by Gasteiger charge is -2.15. The number of rotatable bonds is 6. The van der Waals surface area contributed by atoms with Crippen LogP contribution in [0.3, 0.4) is 0 Å². The second-order valence-corrected chi connectivity index (χ2v) is 4.70. The van der Waals surface area contributed by atoms with Gasteiger partial charge in [-0.15, -0.1) is 0 Å². The van der Waals surface area contributed by atoms with Gasteiger partial charge in [0.1, 0.15) is 5.82 Å². The summed E-state index contributed by atoms with van der Waals surface area (Å²) in [4.78, 5) is 10.9. The molecule has 0 aliphatic carbocycles. The van der Waals surface area contributed by atoms with Gasteiger partial charge in [-0.1, -0.05) is 0 Å². The third-order valence-corrected chi connectivity index (χ3v) is 3.24. The fraction of sp³-hybridized carbons (Fsp3) is 0.667. The summed E-state index contributed by atoms with van der Waals surface area (Å²) in [5, 5.41) is 3.34. The minimum atomic E-state index is 0.447. The lowest BCUT2D eigenvalue weighted by Crippen LogP contribution is -2.22. The molecule has 0 bridgehead atoms. The molecule has 0 unspecified atom stereocenters. The number of hydrogen-bond acceptors (Lipinski definition) is 6. The molecule has 1 aromatic heterocycles. The van der Waals surface area contributed by atoms with Crippen LogP contribution >= 0.6 is 0 Å². The largest absolute Gasteiger partial charge is 0.370 e. The van der Waals surface area contributed by atoms with Crippen molar-refractivity contribution < 1.29 is 0 Å². The third-order valence-electron chi connectivity index (χ3n) is 3.24. The van der Waals surface area contributed by atoms with Gasteiger partial charge < -0.3 is 10.2 Å². The fourth-order valence-corrected chi connectivity index (χ4v) is 2.21. The van der Waals surface area contributed by atoms with Crippen LogP contribution in [0, 0.1) is 6.92 Å². The molecule has 1 aliphatic rings. The van der Waals surface area contributed by atoms with Crippen molar-refractivity contribution in [2.24, 2.45) is 5.84 Å². The normalized spacial score (nSPS) is 15.9. The van der Waals surface area contributed by atoms with E-state index in [1.165, 1.54) is 32.5 Å². The molecule has 0 atom stereocenters. The predicted molar refractivity (Wildman–Crippen MR) is 73.4 cm³/mol. The number of likely N-dealkylation sites (tertiary alicyclic amines) is 1. The summed E-state index contributed by atoms with van der Waals surface area (Å²) in [7, 11) is 0. The summed E-state index contributed by atoms with van der Waals surface area (Å²) in [6.45, 7) is 6.60. The number of nitrogens with two attached hydrogens (primary N) is 1. The van der Waals surface area contributed by atoms with Crippen molar-refractivity contribution in [3.05, 3.63) is 11.8 Å². The van der Waals surface area contributed by atoms with Gasteiger partial charge in [0.2, 0.25) is 5.95 Å². The topological polar surface area (TPSA) is 79.1 Å². The van der Waals surface area contributed by atoms with Crippen molar-refractivity contribution in [2.75, 3.05) is 36.9 Å². The quantitative estimate of drug-likeness (QED) is 0.396. The van der Waals surface area contributed by atoms with E-state index < -0.39 is 0 Å². The van der Waals surface area contributed by atoms with Gasteiger partial charge in [0.05, 0.1) is 0 Å². The first kappa shape index (κ1) is 13.0. The molecule has 0 amide bonds. The number of nitrogens with zero attached hydrogens (tertiary/aromatic N) is 3. The molecular formula is C12H22N6. The Balaban J connectivity index is 1.75. The Hall–Kier alpha value is -1.40. The molecule has 1 fully saturated rings. The average Bonchev–Trinajstić information content (AvgIpc) is 2.89. The minimum absolute atomic E-state index is 0.447. The van der Waals surface area contributed by atoms with E-state index in [2.05, 4.69) is 25.6 Å². The van der Waals surface area contributed by atoms with E-state index >= 15 is 0 Å². The molecule has 6 heteroatoms. The molecule has 6 nitrogen and oxygen atoms in total. The van der Waals surface area contributed by atoms with Crippen LogP contribution in [0.5, 0.6) is 0 Å². The van der Waals surface area contributed by atoms with Crippen LogP contribution in [0.4, 0.5) is 11.8 Å². The van der Waals surface area contributed by atoms with Crippen molar-refractivity contribution in [1.82, 2.24) is 14.9 Å². The second kappa shape index (κ2) is 6.51. The second-order valence-electron chi connectivity index (χ2n) is 4.70. The zero-order valence-electron chi connectivity index (χ0n) is 10.9. The van der Waals surface area contributed by atoms with Gasteiger partial charge in [0, 0.05) is 18.3 Å². The van der Waals surface area contributed by atoms with Crippen LogP contribution in [-0.2, 0) is 0 Å². The Morgan fingerprint density at radius 2 is 2.17 bits per heavy atom. The van der Waals surface area contributed by atoms with Crippen molar-refractivity contribution in [3.8, 4) is 0 Å². The number of aromatic nitrogens is 2. The fourth-order valence-electron chi connectivity index (χ4n) is 2.21.